The molecule has 5 nitrogen and oxygen atoms in total. The number of nitrogens with one attached hydrogen (secondary N) is 1. The van der Waals surface area contributed by atoms with Gasteiger partial charge in [-0.2, -0.15) is 0 Å². The van der Waals surface area contributed by atoms with Crippen molar-refractivity contribution in [3.63, 3.8) is 0 Å². The molecule has 1 aliphatic carbocycles. The van der Waals surface area contributed by atoms with Gasteiger partial charge in [0.05, 0.1) is 13.7 Å². The van der Waals surface area contributed by atoms with E-state index >= 15 is 0 Å². The lowest BCUT2D eigenvalue weighted by molar-refractivity contribution is 0.133. The lowest BCUT2D eigenvalue weighted by Gasteiger charge is -2.41. The summed E-state index contributed by atoms with van der Waals surface area (Å²) in [5, 5.41) is 9.18. The average molecular weight is 313 g/mol. The fourth-order valence-corrected chi connectivity index (χ4v) is 4.06. The van der Waals surface area contributed by atoms with Crippen LogP contribution >= 0.6 is 0 Å². The van der Waals surface area contributed by atoms with Crippen molar-refractivity contribution in [2.75, 3.05) is 13.7 Å². The Labute approximate surface area is 126 Å². The topological polar surface area (TPSA) is 75.6 Å². The maximum atomic E-state index is 12.5. The largest absolute Gasteiger partial charge is 0.495 e. The smallest absolute Gasteiger partial charge is 0.244 e. The molecule has 1 aliphatic rings. The van der Waals surface area contributed by atoms with Gasteiger partial charge in [0.25, 0.3) is 0 Å². The van der Waals surface area contributed by atoms with Crippen LogP contribution in [-0.2, 0) is 16.6 Å². The quantitative estimate of drug-likeness (QED) is 0.808. The summed E-state index contributed by atoms with van der Waals surface area (Å²) in [4.78, 5) is 0.0853. The normalized spacial score (nSPS) is 17.3. The lowest BCUT2D eigenvalue weighted by Crippen LogP contribution is -2.41. The van der Waals surface area contributed by atoms with Crippen LogP contribution in [0.25, 0.3) is 0 Å². The third-order valence-corrected chi connectivity index (χ3v) is 5.92. The lowest BCUT2D eigenvalue weighted by atomic mass is 9.67. The summed E-state index contributed by atoms with van der Waals surface area (Å²) in [6.07, 6.45) is 4.28. The second kappa shape index (κ2) is 6.34. The second-order valence-corrected chi connectivity index (χ2v) is 7.41. The Morgan fingerprint density at radius 1 is 1.38 bits per heavy atom. The summed E-state index contributed by atoms with van der Waals surface area (Å²) in [6.45, 7) is 2.35. The van der Waals surface area contributed by atoms with Gasteiger partial charge in [0.15, 0.2) is 0 Å². The number of methoxy groups -OCH3 is 1. The molecule has 1 fully saturated rings. The van der Waals surface area contributed by atoms with Crippen molar-refractivity contribution in [1.82, 2.24) is 4.72 Å². The van der Waals surface area contributed by atoms with Gasteiger partial charge in [-0.3, -0.25) is 0 Å². The number of aliphatic hydroxyl groups is 1. The molecule has 6 heteroatoms. The van der Waals surface area contributed by atoms with Gasteiger partial charge in [0, 0.05) is 6.54 Å². The van der Waals surface area contributed by atoms with Crippen LogP contribution in [0.4, 0.5) is 0 Å². The van der Waals surface area contributed by atoms with Crippen LogP contribution in [0.15, 0.2) is 23.1 Å². The zero-order valence-electron chi connectivity index (χ0n) is 12.6. The summed E-state index contributed by atoms with van der Waals surface area (Å²) in [7, 11) is -2.20. The van der Waals surface area contributed by atoms with Crippen molar-refractivity contribution in [1.29, 1.82) is 0 Å². The molecule has 0 atom stereocenters. The van der Waals surface area contributed by atoms with Gasteiger partial charge in [-0.25, -0.2) is 13.1 Å². The number of hydrogen-bond acceptors (Lipinski definition) is 4. The Bertz CT molecular complexity index is 588. The first-order valence-corrected chi connectivity index (χ1v) is 8.72. The molecule has 0 spiro atoms. The van der Waals surface area contributed by atoms with Crippen LogP contribution < -0.4 is 9.46 Å². The molecule has 0 unspecified atom stereocenters. The van der Waals surface area contributed by atoms with E-state index in [4.69, 9.17) is 4.74 Å². The fraction of sp³-hybridized carbons (Fsp3) is 0.600. The van der Waals surface area contributed by atoms with Gasteiger partial charge in [0.1, 0.15) is 10.6 Å². The molecule has 2 N–H and O–H groups in total. The Hall–Kier alpha value is -1.11. The fourth-order valence-electron chi connectivity index (χ4n) is 2.69. The first-order chi connectivity index (χ1) is 9.96. The minimum Gasteiger partial charge on any atom is -0.495 e. The number of ether oxygens (including phenoxy) is 1. The number of sulfonamides is 1. The molecule has 1 aromatic rings. The number of benzene rings is 1. The van der Waals surface area contributed by atoms with Crippen LogP contribution in [0, 0.1) is 5.41 Å². The van der Waals surface area contributed by atoms with Crippen LogP contribution in [-0.4, -0.2) is 27.2 Å². The molecule has 0 heterocycles. The summed E-state index contributed by atoms with van der Waals surface area (Å²) >= 11 is 0. The van der Waals surface area contributed by atoms with Crippen molar-refractivity contribution in [3.8, 4) is 5.75 Å². The second-order valence-electron chi connectivity index (χ2n) is 5.67. The van der Waals surface area contributed by atoms with Crippen LogP contribution in [0.5, 0.6) is 5.75 Å². The Kier molecular flexibility index (Phi) is 4.91. The summed E-state index contributed by atoms with van der Waals surface area (Å²) in [5.74, 6) is 0.291. The van der Waals surface area contributed by atoms with E-state index in [-0.39, 0.29) is 16.9 Å². The Morgan fingerprint density at radius 3 is 2.57 bits per heavy atom. The van der Waals surface area contributed by atoms with Crippen molar-refractivity contribution in [2.24, 2.45) is 5.41 Å². The van der Waals surface area contributed by atoms with Crippen molar-refractivity contribution >= 4 is 10.0 Å². The third-order valence-electron chi connectivity index (χ3n) is 4.50. The van der Waals surface area contributed by atoms with E-state index in [1.54, 1.807) is 12.1 Å². The predicted octanol–water partition coefficient (Wildman–Crippen LogP) is 2.05. The molecular weight excluding hydrogens is 290 g/mol. The van der Waals surface area contributed by atoms with E-state index < -0.39 is 10.0 Å². The zero-order chi connectivity index (χ0) is 15.5. The monoisotopic (exact) mass is 313 g/mol. The van der Waals surface area contributed by atoms with E-state index in [1.165, 1.54) is 19.6 Å². The molecule has 0 aliphatic heterocycles. The molecule has 2 rings (SSSR count). The highest BCUT2D eigenvalue weighted by Crippen LogP contribution is 2.43. The maximum Gasteiger partial charge on any atom is 0.244 e. The Balaban J connectivity index is 2.22. The predicted molar refractivity (Wildman–Crippen MR) is 80.7 cm³/mol. The molecule has 118 valence electrons. The standard InChI is InChI=1S/C15H23NO4S/c1-3-15(7-4-8-15)11-16-21(18,19)14-9-12(10-17)5-6-13(14)20-2/h5-6,9,16-17H,3-4,7-8,10-11H2,1-2H3. The highest BCUT2D eigenvalue weighted by molar-refractivity contribution is 7.89. The first-order valence-electron chi connectivity index (χ1n) is 7.24. The molecule has 0 amide bonds. The highest BCUT2D eigenvalue weighted by atomic mass is 32.2. The minimum absolute atomic E-state index is 0.0853. The number of rotatable bonds is 7. The van der Waals surface area contributed by atoms with Crippen molar-refractivity contribution in [3.05, 3.63) is 23.8 Å². The number of hydrogen-bond donors (Lipinski definition) is 2. The maximum absolute atomic E-state index is 12.5. The van der Waals surface area contributed by atoms with Gasteiger partial charge >= 0.3 is 0 Å². The average Bonchev–Trinajstić information content (AvgIpc) is 2.45. The molecule has 1 aromatic carbocycles. The van der Waals surface area contributed by atoms with Crippen LogP contribution in [0.3, 0.4) is 0 Å². The molecular formula is C15H23NO4S. The molecule has 0 radical (unpaired) electrons. The van der Waals surface area contributed by atoms with Crippen molar-refractivity contribution < 1.29 is 18.3 Å². The van der Waals surface area contributed by atoms with Gasteiger partial charge in [-0.05, 0) is 42.4 Å². The van der Waals surface area contributed by atoms with Crippen LogP contribution in [0.2, 0.25) is 0 Å². The van der Waals surface area contributed by atoms with E-state index in [0.29, 0.717) is 17.9 Å². The SMILES string of the molecule is CCC1(CNS(=O)(=O)c2cc(CO)ccc2OC)CCC1. The van der Waals surface area contributed by atoms with E-state index in [9.17, 15) is 13.5 Å². The molecule has 0 bridgehead atoms. The molecule has 1 saturated carbocycles. The van der Waals surface area contributed by atoms with Gasteiger partial charge in [-0.15, -0.1) is 0 Å². The third kappa shape index (κ3) is 3.39. The number of aliphatic hydroxyl groups excluding tert-OH is 1. The summed E-state index contributed by atoms with van der Waals surface area (Å²) in [5.41, 5.74) is 0.652. The Morgan fingerprint density at radius 2 is 2.10 bits per heavy atom. The minimum atomic E-state index is -3.64. The van der Waals surface area contributed by atoms with Crippen molar-refractivity contribution in [2.45, 2.75) is 44.1 Å². The summed E-state index contributed by atoms with van der Waals surface area (Å²) < 4.78 is 32.9. The zero-order valence-corrected chi connectivity index (χ0v) is 13.4. The van der Waals surface area contributed by atoms with E-state index in [0.717, 1.165) is 19.3 Å². The van der Waals surface area contributed by atoms with Gasteiger partial charge < -0.3 is 9.84 Å². The van der Waals surface area contributed by atoms with Gasteiger partial charge in [-0.1, -0.05) is 19.4 Å². The summed E-state index contributed by atoms with van der Waals surface area (Å²) in [6, 6.07) is 4.68. The molecule has 0 saturated heterocycles. The van der Waals surface area contributed by atoms with E-state index in [1.807, 2.05) is 0 Å². The first kappa shape index (κ1) is 16.3. The van der Waals surface area contributed by atoms with Crippen LogP contribution in [0.1, 0.15) is 38.2 Å². The molecule has 21 heavy (non-hydrogen) atoms. The van der Waals surface area contributed by atoms with Gasteiger partial charge in [0.2, 0.25) is 10.0 Å². The molecule has 0 aromatic heterocycles. The highest BCUT2D eigenvalue weighted by Gasteiger charge is 2.36. The van der Waals surface area contributed by atoms with E-state index in [2.05, 4.69) is 11.6 Å².